The molecule has 0 radical (unpaired) electrons. The summed E-state index contributed by atoms with van der Waals surface area (Å²) in [5.41, 5.74) is 0. The van der Waals surface area contributed by atoms with Crippen molar-refractivity contribution in [2.45, 2.75) is 0 Å². The second-order valence-corrected chi connectivity index (χ2v) is 3.04. The predicted molar refractivity (Wildman–Crippen MR) is 53.3 cm³/mol. The predicted octanol–water partition coefficient (Wildman–Crippen LogP) is 1.97. The maximum atomic E-state index is 9.75. The quantitative estimate of drug-likeness (QED) is 0.217. The lowest BCUT2D eigenvalue weighted by Crippen LogP contribution is -2.21. The second-order valence-electron chi connectivity index (χ2n) is 3.04. The molecule has 0 N–H and O–H groups in total. The summed E-state index contributed by atoms with van der Waals surface area (Å²) < 4.78 is 41.0. The van der Waals surface area contributed by atoms with E-state index < -0.39 is 7.25 Å². The minimum absolute atomic E-state index is 0.981. The molecule has 0 saturated carbocycles. The minimum Gasteiger partial charge on any atom is -0.418 e. The summed E-state index contributed by atoms with van der Waals surface area (Å²) in [7, 11) is -1.96. The number of nitrogens with zero attached hydrogens (tertiary/aromatic N) is 2. The molecule has 0 aromatic heterocycles. The number of allylic oxidation sites excluding steroid dienone is 2. The SMILES string of the molecule is C[N+](C)=CN1C=CC=CC1.F[B-](F)(F)F. The lowest BCUT2D eigenvalue weighted by atomic mass is 10.3. The first-order chi connectivity index (χ1) is 6.79. The molecular weight excluding hydrogens is 211 g/mol. The summed E-state index contributed by atoms with van der Waals surface area (Å²) in [6.45, 7) is 0.981. The monoisotopic (exact) mass is 224 g/mol. The highest BCUT2D eigenvalue weighted by Gasteiger charge is 2.20. The van der Waals surface area contributed by atoms with E-state index in [2.05, 4.69) is 29.6 Å². The number of halogens is 4. The molecule has 0 aromatic rings. The van der Waals surface area contributed by atoms with Gasteiger partial charge in [0.05, 0.1) is 20.3 Å². The van der Waals surface area contributed by atoms with Crippen LogP contribution in [0.2, 0.25) is 0 Å². The van der Waals surface area contributed by atoms with Crippen LogP contribution in [0.5, 0.6) is 0 Å². The highest BCUT2D eigenvalue weighted by atomic mass is 19.5. The van der Waals surface area contributed by atoms with Crippen molar-refractivity contribution in [1.82, 2.24) is 4.90 Å². The van der Waals surface area contributed by atoms with Crippen molar-refractivity contribution >= 4 is 13.6 Å². The first-order valence-electron chi connectivity index (χ1n) is 4.27. The summed E-state index contributed by atoms with van der Waals surface area (Å²) in [6.07, 6.45) is 10.3. The van der Waals surface area contributed by atoms with E-state index in [1.165, 1.54) is 0 Å². The van der Waals surface area contributed by atoms with E-state index in [1.807, 2.05) is 24.7 Å². The smallest absolute Gasteiger partial charge is 0.418 e. The van der Waals surface area contributed by atoms with E-state index in [9.17, 15) is 17.3 Å². The van der Waals surface area contributed by atoms with Crippen LogP contribution in [0.4, 0.5) is 17.3 Å². The Bertz CT molecular complexity index is 260. The molecule has 0 saturated heterocycles. The number of hydrogen-bond donors (Lipinski definition) is 0. The number of rotatable bonds is 1. The van der Waals surface area contributed by atoms with Gasteiger partial charge in [-0.1, -0.05) is 6.08 Å². The van der Waals surface area contributed by atoms with Crippen molar-refractivity contribution in [1.29, 1.82) is 0 Å². The standard InChI is InChI=1S/C8H13N2.BF4/c1-9(2)8-10-6-4-3-5-7-10;2-1(3,4)5/h3-6,8H,7H2,1-2H3;/q+1;-1. The van der Waals surface area contributed by atoms with Gasteiger partial charge in [0.1, 0.15) is 6.54 Å². The highest BCUT2D eigenvalue weighted by Crippen LogP contribution is 2.06. The molecule has 1 aliphatic rings. The maximum absolute atomic E-state index is 9.75. The van der Waals surface area contributed by atoms with Crippen LogP contribution in [0.1, 0.15) is 0 Å². The molecule has 0 fully saturated rings. The Morgan fingerprint density at radius 3 is 2.07 bits per heavy atom. The Morgan fingerprint density at radius 1 is 1.20 bits per heavy atom. The molecule has 0 spiro atoms. The molecule has 15 heavy (non-hydrogen) atoms. The molecule has 86 valence electrons. The van der Waals surface area contributed by atoms with Gasteiger partial charge < -0.3 is 17.3 Å². The first kappa shape index (κ1) is 13.7. The Morgan fingerprint density at radius 2 is 1.73 bits per heavy atom. The fourth-order valence-corrected chi connectivity index (χ4v) is 0.865. The van der Waals surface area contributed by atoms with Gasteiger partial charge in [-0.3, -0.25) is 4.58 Å². The van der Waals surface area contributed by atoms with E-state index in [-0.39, 0.29) is 0 Å². The van der Waals surface area contributed by atoms with Gasteiger partial charge in [-0.05, 0) is 12.2 Å². The molecule has 0 aromatic carbocycles. The van der Waals surface area contributed by atoms with E-state index in [0.29, 0.717) is 0 Å². The molecule has 0 atom stereocenters. The zero-order valence-electron chi connectivity index (χ0n) is 8.58. The van der Waals surface area contributed by atoms with Crippen molar-refractivity contribution in [3.05, 3.63) is 24.4 Å². The van der Waals surface area contributed by atoms with Gasteiger partial charge in [0.25, 0.3) is 0 Å². The van der Waals surface area contributed by atoms with Crippen molar-refractivity contribution < 1.29 is 21.8 Å². The fourth-order valence-electron chi connectivity index (χ4n) is 0.865. The third kappa shape index (κ3) is 12.7. The lowest BCUT2D eigenvalue weighted by molar-refractivity contribution is -0.463. The van der Waals surface area contributed by atoms with Crippen LogP contribution in [0.15, 0.2) is 24.4 Å². The van der Waals surface area contributed by atoms with Crippen molar-refractivity contribution in [3.63, 3.8) is 0 Å². The van der Waals surface area contributed by atoms with Crippen molar-refractivity contribution in [2.24, 2.45) is 0 Å². The molecule has 0 amide bonds. The normalized spacial score (nSPS) is 14.4. The average molecular weight is 224 g/mol. The zero-order chi connectivity index (χ0) is 11.9. The summed E-state index contributed by atoms with van der Waals surface area (Å²) in [5, 5.41) is 0. The Balaban J connectivity index is 0.000000336. The number of hydrogen-bond acceptors (Lipinski definition) is 0. The Kier molecular flexibility index (Phi) is 5.73. The molecule has 2 nitrogen and oxygen atoms in total. The maximum Gasteiger partial charge on any atom is 0.673 e. The molecule has 1 rings (SSSR count). The van der Waals surface area contributed by atoms with Gasteiger partial charge in [-0.25, -0.2) is 4.90 Å². The van der Waals surface area contributed by atoms with Gasteiger partial charge >= 0.3 is 7.25 Å². The van der Waals surface area contributed by atoms with Gasteiger partial charge in [0.2, 0.25) is 6.34 Å². The summed E-state index contributed by atoms with van der Waals surface area (Å²) >= 11 is 0. The second kappa shape index (κ2) is 6.26. The summed E-state index contributed by atoms with van der Waals surface area (Å²) in [6, 6.07) is 0. The van der Waals surface area contributed by atoms with Crippen LogP contribution in [-0.4, -0.2) is 43.7 Å². The Hall–Kier alpha value is -1.27. The van der Waals surface area contributed by atoms with Crippen LogP contribution in [-0.2, 0) is 0 Å². The summed E-state index contributed by atoms with van der Waals surface area (Å²) in [4.78, 5) is 2.12. The van der Waals surface area contributed by atoms with Crippen LogP contribution in [0.3, 0.4) is 0 Å². The van der Waals surface area contributed by atoms with E-state index in [4.69, 9.17) is 0 Å². The van der Waals surface area contributed by atoms with Gasteiger partial charge in [0.15, 0.2) is 0 Å². The van der Waals surface area contributed by atoms with E-state index in [1.54, 1.807) is 0 Å². The van der Waals surface area contributed by atoms with Crippen molar-refractivity contribution in [3.8, 4) is 0 Å². The van der Waals surface area contributed by atoms with Crippen LogP contribution in [0, 0.1) is 0 Å². The molecule has 1 aliphatic heterocycles. The van der Waals surface area contributed by atoms with Gasteiger partial charge in [-0.2, -0.15) is 0 Å². The van der Waals surface area contributed by atoms with Gasteiger partial charge in [-0.15, -0.1) is 0 Å². The molecule has 7 heteroatoms. The average Bonchev–Trinajstić information content (AvgIpc) is 2.01. The van der Waals surface area contributed by atoms with Crippen LogP contribution in [0.25, 0.3) is 0 Å². The molecular formula is C8H13BF4N2. The van der Waals surface area contributed by atoms with E-state index >= 15 is 0 Å². The van der Waals surface area contributed by atoms with E-state index in [0.717, 1.165) is 6.54 Å². The van der Waals surface area contributed by atoms with Gasteiger partial charge in [0, 0.05) is 0 Å². The van der Waals surface area contributed by atoms with Crippen LogP contribution < -0.4 is 0 Å². The molecule has 0 unspecified atom stereocenters. The first-order valence-corrected chi connectivity index (χ1v) is 4.27. The third-order valence-corrected chi connectivity index (χ3v) is 1.22. The summed E-state index contributed by atoms with van der Waals surface area (Å²) in [5.74, 6) is 0. The van der Waals surface area contributed by atoms with Crippen molar-refractivity contribution in [2.75, 3.05) is 20.6 Å². The minimum atomic E-state index is -6.00. The third-order valence-electron chi connectivity index (χ3n) is 1.22. The molecule has 0 bridgehead atoms. The fraction of sp³-hybridized carbons (Fsp3) is 0.375. The Labute approximate surface area is 86.3 Å². The largest absolute Gasteiger partial charge is 0.673 e. The zero-order valence-corrected chi connectivity index (χ0v) is 8.58. The molecule has 0 aliphatic carbocycles. The highest BCUT2D eigenvalue weighted by molar-refractivity contribution is 6.50. The topological polar surface area (TPSA) is 6.25 Å². The van der Waals surface area contributed by atoms with Crippen LogP contribution >= 0.6 is 0 Å². The molecule has 1 heterocycles. The lowest BCUT2D eigenvalue weighted by Gasteiger charge is -2.07.